The fourth-order valence-electron chi connectivity index (χ4n) is 2.94. The molecule has 0 radical (unpaired) electrons. The van der Waals surface area contributed by atoms with E-state index in [9.17, 15) is 0 Å². The summed E-state index contributed by atoms with van der Waals surface area (Å²) in [4.78, 5) is 9.02. The first-order valence-corrected chi connectivity index (χ1v) is 7.88. The minimum Gasteiger partial charge on any atom is -0.327 e. The van der Waals surface area contributed by atoms with Crippen LogP contribution in [0.4, 0.5) is 0 Å². The Kier molecular flexibility index (Phi) is 3.11. The summed E-state index contributed by atoms with van der Waals surface area (Å²) >= 11 is 3.49. The molecule has 0 unspecified atom stereocenters. The molecule has 21 heavy (non-hydrogen) atoms. The van der Waals surface area contributed by atoms with Crippen molar-refractivity contribution in [1.29, 1.82) is 0 Å². The van der Waals surface area contributed by atoms with E-state index in [1.807, 2.05) is 12.4 Å². The number of imidazole rings is 1. The maximum atomic E-state index is 4.89. The van der Waals surface area contributed by atoms with Crippen molar-refractivity contribution in [2.75, 3.05) is 0 Å². The van der Waals surface area contributed by atoms with Crippen LogP contribution in [0.1, 0.15) is 12.2 Å². The van der Waals surface area contributed by atoms with Gasteiger partial charge in [0.1, 0.15) is 5.82 Å². The van der Waals surface area contributed by atoms with Gasteiger partial charge in [-0.2, -0.15) is 0 Å². The highest BCUT2D eigenvalue weighted by atomic mass is 79.9. The van der Waals surface area contributed by atoms with Gasteiger partial charge in [0.15, 0.2) is 0 Å². The molecule has 1 aromatic carbocycles. The summed E-state index contributed by atoms with van der Waals surface area (Å²) in [5, 5.41) is 0. The second-order valence-corrected chi connectivity index (χ2v) is 6.14. The molecule has 104 valence electrons. The molecule has 0 aliphatic carbocycles. The summed E-state index contributed by atoms with van der Waals surface area (Å²) < 4.78 is 3.44. The van der Waals surface area contributed by atoms with E-state index in [0.29, 0.717) is 0 Å². The number of hydrogen-bond donors (Lipinski definition) is 0. The summed E-state index contributed by atoms with van der Waals surface area (Å²) in [5.41, 5.74) is 4.63. The van der Waals surface area contributed by atoms with Gasteiger partial charge in [0.25, 0.3) is 0 Å². The maximum Gasteiger partial charge on any atom is 0.109 e. The predicted molar refractivity (Wildman–Crippen MR) is 86.9 cm³/mol. The molecule has 0 spiro atoms. The summed E-state index contributed by atoms with van der Waals surface area (Å²) in [7, 11) is 0. The Morgan fingerprint density at radius 1 is 0.952 bits per heavy atom. The van der Waals surface area contributed by atoms with Crippen molar-refractivity contribution in [3.63, 3.8) is 0 Å². The van der Waals surface area contributed by atoms with Crippen LogP contribution >= 0.6 is 15.9 Å². The molecule has 3 aromatic rings. The Labute approximate surface area is 131 Å². The van der Waals surface area contributed by atoms with Crippen molar-refractivity contribution in [2.45, 2.75) is 19.4 Å². The lowest BCUT2D eigenvalue weighted by molar-refractivity contribution is 0.756. The third kappa shape index (κ3) is 2.20. The van der Waals surface area contributed by atoms with Gasteiger partial charge in [-0.1, -0.05) is 28.1 Å². The third-order valence-corrected chi connectivity index (χ3v) is 4.43. The van der Waals surface area contributed by atoms with Crippen molar-refractivity contribution in [3.05, 3.63) is 59.1 Å². The van der Waals surface area contributed by atoms with E-state index in [4.69, 9.17) is 4.98 Å². The highest BCUT2D eigenvalue weighted by Gasteiger charge is 2.22. The molecule has 1 aliphatic heterocycles. The van der Waals surface area contributed by atoms with Gasteiger partial charge in [0.05, 0.1) is 11.4 Å². The lowest BCUT2D eigenvalue weighted by Gasteiger charge is -2.08. The largest absolute Gasteiger partial charge is 0.327 e. The van der Waals surface area contributed by atoms with Gasteiger partial charge >= 0.3 is 0 Å². The van der Waals surface area contributed by atoms with Crippen molar-refractivity contribution < 1.29 is 0 Å². The van der Waals surface area contributed by atoms with Gasteiger partial charge in [-0.05, 0) is 30.7 Å². The Bertz CT molecular complexity index is 776. The molecule has 0 amide bonds. The SMILES string of the molecule is Brc1ccc(-c2nc3n(c2-c2ccncc2)CCC3)cc1. The van der Waals surface area contributed by atoms with Crippen LogP contribution in [-0.4, -0.2) is 14.5 Å². The van der Waals surface area contributed by atoms with E-state index < -0.39 is 0 Å². The molecule has 0 atom stereocenters. The van der Waals surface area contributed by atoms with Gasteiger partial charge in [-0.3, -0.25) is 4.98 Å². The maximum absolute atomic E-state index is 4.89. The number of benzene rings is 1. The summed E-state index contributed by atoms with van der Waals surface area (Å²) in [6.07, 6.45) is 5.93. The average Bonchev–Trinajstić information content (AvgIpc) is 3.09. The van der Waals surface area contributed by atoms with E-state index in [1.165, 1.54) is 23.5 Å². The Hall–Kier alpha value is -1.94. The molecule has 3 nitrogen and oxygen atoms in total. The number of rotatable bonds is 2. The molecule has 0 fully saturated rings. The molecule has 3 heterocycles. The third-order valence-electron chi connectivity index (χ3n) is 3.90. The fraction of sp³-hybridized carbons (Fsp3) is 0.176. The smallest absolute Gasteiger partial charge is 0.109 e. The second kappa shape index (κ2) is 5.11. The predicted octanol–water partition coefficient (Wildman–Crippen LogP) is 4.32. The first-order valence-electron chi connectivity index (χ1n) is 7.08. The standard InChI is InChI=1S/C17H14BrN3/c18-14-5-3-12(4-6-14)16-17(13-7-9-19-10-8-13)21-11-1-2-15(21)20-16/h3-10H,1-2,11H2. The van der Waals surface area contributed by atoms with Crippen LogP contribution in [-0.2, 0) is 13.0 Å². The monoisotopic (exact) mass is 339 g/mol. The molecule has 4 rings (SSSR count). The first-order chi connectivity index (χ1) is 10.3. The molecular formula is C17H14BrN3. The van der Waals surface area contributed by atoms with Gasteiger partial charge < -0.3 is 4.57 Å². The van der Waals surface area contributed by atoms with Crippen molar-refractivity contribution in [3.8, 4) is 22.5 Å². The molecule has 4 heteroatoms. The Morgan fingerprint density at radius 3 is 2.48 bits per heavy atom. The number of aryl methyl sites for hydroxylation is 1. The van der Waals surface area contributed by atoms with E-state index >= 15 is 0 Å². The lowest BCUT2D eigenvalue weighted by Crippen LogP contribution is -1.96. The van der Waals surface area contributed by atoms with Crippen LogP contribution in [0.5, 0.6) is 0 Å². The van der Waals surface area contributed by atoms with Crippen molar-refractivity contribution in [1.82, 2.24) is 14.5 Å². The van der Waals surface area contributed by atoms with Crippen LogP contribution in [0.25, 0.3) is 22.5 Å². The first kappa shape index (κ1) is 12.8. The van der Waals surface area contributed by atoms with Crippen molar-refractivity contribution in [2.24, 2.45) is 0 Å². The summed E-state index contributed by atoms with van der Waals surface area (Å²) in [6.45, 7) is 1.05. The average molecular weight is 340 g/mol. The number of aromatic nitrogens is 3. The minimum atomic E-state index is 1.05. The van der Waals surface area contributed by atoms with Gasteiger partial charge in [-0.25, -0.2) is 4.98 Å². The van der Waals surface area contributed by atoms with E-state index in [2.05, 4.69) is 61.9 Å². The van der Waals surface area contributed by atoms with Crippen molar-refractivity contribution >= 4 is 15.9 Å². The molecule has 1 aliphatic rings. The van der Waals surface area contributed by atoms with Gasteiger partial charge in [0.2, 0.25) is 0 Å². The topological polar surface area (TPSA) is 30.7 Å². The summed E-state index contributed by atoms with van der Waals surface area (Å²) in [6, 6.07) is 12.5. The van der Waals surface area contributed by atoms with Crippen LogP contribution in [0.3, 0.4) is 0 Å². The lowest BCUT2D eigenvalue weighted by atomic mass is 10.1. The zero-order valence-corrected chi connectivity index (χ0v) is 13.0. The number of hydrogen-bond acceptors (Lipinski definition) is 2. The van der Waals surface area contributed by atoms with E-state index in [-0.39, 0.29) is 0 Å². The molecule has 0 saturated heterocycles. The fourth-order valence-corrected chi connectivity index (χ4v) is 3.20. The number of nitrogens with zero attached hydrogens (tertiary/aromatic N) is 3. The van der Waals surface area contributed by atoms with Crippen LogP contribution < -0.4 is 0 Å². The minimum absolute atomic E-state index is 1.05. The normalized spacial score (nSPS) is 13.4. The number of halogens is 1. The molecule has 0 N–H and O–H groups in total. The Morgan fingerprint density at radius 2 is 1.71 bits per heavy atom. The number of pyridine rings is 1. The molecule has 2 aromatic heterocycles. The van der Waals surface area contributed by atoms with Gasteiger partial charge in [-0.15, -0.1) is 0 Å². The quantitative estimate of drug-likeness (QED) is 0.696. The van der Waals surface area contributed by atoms with E-state index in [1.54, 1.807) is 0 Å². The zero-order chi connectivity index (χ0) is 14.2. The number of fused-ring (bicyclic) bond motifs is 1. The second-order valence-electron chi connectivity index (χ2n) is 5.22. The van der Waals surface area contributed by atoms with E-state index in [0.717, 1.165) is 28.7 Å². The van der Waals surface area contributed by atoms with Gasteiger partial charge in [0, 0.05) is 41.0 Å². The van der Waals surface area contributed by atoms with Crippen LogP contribution in [0.2, 0.25) is 0 Å². The highest BCUT2D eigenvalue weighted by Crippen LogP contribution is 2.35. The zero-order valence-electron chi connectivity index (χ0n) is 11.5. The Balaban J connectivity index is 1.94. The van der Waals surface area contributed by atoms with Crippen LogP contribution in [0, 0.1) is 0 Å². The highest BCUT2D eigenvalue weighted by molar-refractivity contribution is 9.10. The molecular weight excluding hydrogens is 326 g/mol. The summed E-state index contributed by atoms with van der Waals surface area (Å²) in [5.74, 6) is 1.19. The molecule has 0 bridgehead atoms. The molecule has 0 saturated carbocycles. The van der Waals surface area contributed by atoms with Crippen LogP contribution in [0.15, 0.2) is 53.3 Å².